The van der Waals surface area contributed by atoms with Crippen molar-refractivity contribution in [2.45, 2.75) is 26.7 Å². The number of benzene rings is 3. The quantitative estimate of drug-likeness (QED) is 0.351. The minimum Gasteiger partial charge on any atom is -0.494 e. The summed E-state index contributed by atoms with van der Waals surface area (Å²) in [4.78, 5) is 16.9. The van der Waals surface area contributed by atoms with Crippen LogP contribution in [0.1, 0.15) is 24.8 Å². The fourth-order valence-corrected chi connectivity index (χ4v) is 3.17. The summed E-state index contributed by atoms with van der Waals surface area (Å²) in [7, 11) is 0. The lowest BCUT2D eigenvalue weighted by Gasteiger charge is -2.12. The molecule has 1 aromatic heterocycles. The first kappa shape index (κ1) is 22.1. The molecule has 1 N–H and O–H groups in total. The Morgan fingerprint density at radius 2 is 1.70 bits per heavy atom. The van der Waals surface area contributed by atoms with Gasteiger partial charge < -0.3 is 19.3 Å². The largest absolute Gasteiger partial charge is 0.494 e. The molecule has 7 nitrogen and oxygen atoms in total. The predicted molar refractivity (Wildman–Crippen MR) is 126 cm³/mol. The molecule has 3 aromatic carbocycles. The number of carbonyl (C=O) groups excluding carboxylic acids is 1. The van der Waals surface area contributed by atoms with Crippen LogP contribution in [0.3, 0.4) is 0 Å². The highest BCUT2D eigenvalue weighted by Crippen LogP contribution is 2.30. The standard InChI is InChI=1S/C26H25N3O4/c1-3-31-20-12-14-21(15-13-20)32-23-7-5-4-6-22(23)27-24(30)16-17-25-28-26(29-33-25)19-10-8-18(2)9-11-19/h4-15H,3,16-17H2,1-2H3,(H,27,30). The number of rotatable bonds is 9. The maximum atomic E-state index is 12.5. The molecule has 0 atom stereocenters. The van der Waals surface area contributed by atoms with Crippen molar-refractivity contribution in [3.05, 3.63) is 84.3 Å². The van der Waals surface area contributed by atoms with E-state index >= 15 is 0 Å². The highest BCUT2D eigenvalue weighted by atomic mass is 16.5. The summed E-state index contributed by atoms with van der Waals surface area (Å²) in [6.45, 7) is 4.56. The van der Waals surface area contributed by atoms with Crippen molar-refractivity contribution in [3.63, 3.8) is 0 Å². The first-order valence-electron chi connectivity index (χ1n) is 10.8. The topological polar surface area (TPSA) is 86.5 Å². The molecule has 7 heteroatoms. The van der Waals surface area contributed by atoms with Crippen molar-refractivity contribution in [3.8, 4) is 28.6 Å². The molecule has 0 aliphatic heterocycles. The Hall–Kier alpha value is -4.13. The van der Waals surface area contributed by atoms with E-state index in [1.165, 1.54) is 0 Å². The Morgan fingerprint density at radius 3 is 2.45 bits per heavy atom. The van der Waals surface area contributed by atoms with Gasteiger partial charge in [-0.05, 0) is 50.2 Å². The summed E-state index contributed by atoms with van der Waals surface area (Å²) in [5.74, 6) is 2.73. The molecule has 168 valence electrons. The molecule has 0 unspecified atom stereocenters. The van der Waals surface area contributed by atoms with Crippen LogP contribution < -0.4 is 14.8 Å². The van der Waals surface area contributed by atoms with Crippen molar-refractivity contribution in [1.82, 2.24) is 10.1 Å². The van der Waals surface area contributed by atoms with E-state index in [1.807, 2.05) is 74.5 Å². The third-order valence-corrected chi connectivity index (χ3v) is 4.87. The Balaban J connectivity index is 1.35. The number of carbonyl (C=O) groups is 1. The number of hydrogen-bond acceptors (Lipinski definition) is 6. The number of nitrogens with one attached hydrogen (secondary N) is 1. The van der Waals surface area contributed by atoms with Crippen molar-refractivity contribution in [1.29, 1.82) is 0 Å². The maximum Gasteiger partial charge on any atom is 0.227 e. The molecule has 0 saturated heterocycles. The SMILES string of the molecule is CCOc1ccc(Oc2ccccc2NC(=O)CCc2nc(-c3ccc(C)cc3)no2)cc1. The summed E-state index contributed by atoms with van der Waals surface area (Å²) < 4.78 is 16.7. The first-order chi connectivity index (χ1) is 16.1. The molecule has 0 aliphatic rings. The number of hydrogen-bond donors (Lipinski definition) is 1. The lowest BCUT2D eigenvalue weighted by Crippen LogP contribution is -2.13. The van der Waals surface area contributed by atoms with Gasteiger partial charge in [-0.1, -0.05) is 47.1 Å². The summed E-state index contributed by atoms with van der Waals surface area (Å²) in [6.07, 6.45) is 0.541. The van der Waals surface area contributed by atoms with E-state index in [1.54, 1.807) is 12.1 Å². The molecular formula is C26H25N3O4. The number of aromatic nitrogens is 2. The third kappa shape index (κ3) is 5.98. The average Bonchev–Trinajstić information content (AvgIpc) is 3.30. The molecule has 4 aromatic rings. The van der Waals surface area contributed by atoms with Gasteiger partial charge in [0.1, 0.15) is 11.5 Å². The zero-order valence-corrected chi connectivity index (χ0v) is 18.6. The normalized spacial score (nSPS) is 10.6. The van der Waals surface area contributed by atoms with E-state index in [4.69, 9.17) is 14.0 Å². The zero-order chi connectivity index (χ0) is 23.0. The minimum absolute atomic E-state index is 0.173. The molecule has 1 amide bonds. The van der Waals surface area contributed by atoms with E-state index in [0.717, 1.165) is 16.9 Å². The number of para-hydroxylation sites is 2. The van der Waals surface area contributed by atoms with Crippen LogP contribution in [0.25, 0.3) is 11.4 Å². The highest BCUT2D eigenvalue weighted by Gasteiger charge is 2.13. The van der Waals surface area contributed by atoms with Crippen molar-refractivity contribution < 1.29 is 18.8 Å². The van der Waals surface area contributed by atoms with Crippen molar-refractivity contribution in [2.75, 3.05) is 11.9 Å². The molecule has 0 spiro atoms. The van der Waals surface area contributed by atoms with Crippen LogP contribution in [0.15, 0.2) is 77.3 Å². The summed E-state index contributed by atoms with van der Waals surface area (Å²) in [6, 6.07) is 22.5. The highest BCUT2D eigenvalue weighted by molar-refractivity contribution is 5.92. The number of aryl methyl sites for hydroxylation is 2. The van der Waals surface area contributed by atoms with Gasteiger partial charge in [-0.15, -0.1) is 0 Å². The van der Waals surface area contributed by atoms with E-state index < -0.39 is 0 Å². The Labute approximate surface area is 192 Å². The second-order valence-electron chi connectivity index (χ2n) is 7.43. The average molecular weight is 444 g/mol. The Bertz CT molecular complexity index is 1200. The summed E-state index contributed by atoms with van der Waals surface area (Å²) >= 11 is 0. The predicted octanol–water partition coefficient (Wildman–Crippen LogP) is 5.81. The second-order valence-corrected chi connectivity index (χ2v) is 7.43. The Morgan fingerprint density at radius 1 is 0.970 bits per heavy atom. The molecular weight excluding hydrogens is 418 g/mol. The molecule has 33 heavy (non-hydrogen) atoms. The summed E-state index contributed by atoms with van der Waals surface area (Å²) in [5, 5.41) is 6.91. The molecule has 0 aliphatic carbocycles. The van der Waals surface area contributed by atoms with E-state index in [2.05, 4.69) is 15.5 Å². The molecule has 0 saturated carbocycles. The van der Waals surface area contributed by atoms with Crippen LogP contribution >= 0.6 is 0 Å². The molecule has 4 rings (SSSR count). The lowest BCUT2D eigenvalue weighted by atomic mass is 10.1. The van der Waals surface area contributed by atoms with Gasteiger partial charge >= 0.3 is 0 Å². The summed E-state index contributed by atoms with van der Waals surface area (Å²) in [5.41, 5.74) is 2.62. The fourth-order valence-electron chi connectivity index (χ4n) is 3.17. The van der Waals surface area contributed by atoms with Gasteiger partial charge in [-0.3, -0.25) is 4.79 Å². The molecule has 1 heterocycles. The number of amides is 1. The van der Waals surface area contributed by atoms with Crippen LogP contribution in [-0.4, -0.2) is 22.7 Å². The number of nitrogens with zero attached hydrogens (tertiary/aromatic N) is 2. The fraction of sp³-hybridized carbons (Fsp3) is 0.192. The molecule has 0 radical (unpaired) electrons. The minimum atomic E-state index is -0.173. The second kappa shape index (κ2) is 10.5. The maximum absolute atomic E-state index is 12.5. The monoisotopic (exact) mass is 443 g/mol. The smallest absolute Gasteiger partial charge is 0.227 e. The van der Waals surface area contributed by atoms with Crippen LogP contribution in [0.4, 0.5) is 5.69 Å². The van der Waals surface area contributed by atoms with Gasteiger partial charge in [-0.2, -0.15) is 4.98 Å². The van der Waals surface area contributed by atoms with Crippen LogP contribution in [0.2, 0.25) is 0 Å². The van der Waals surface area contributed by atoms with Gasteiger partial charge in [-0.25, -0.2) is 0 Å². The van der Waals surface area contributed by atoms with Gasteiger partial charge in [0.05, 0.1) is 12.3 Å². The van der Waals surface area contributed by atoms with Crippen LogP contribution in [-0.2, 0) is 11.2 Å². The van der Waals surface area contributed by atoms with E-state index in [-0.39, 0.29) is 12.3 Å². The first-order valence-corrected chi connectivity index (χ1v) is 10.8. The number of anilines is 1. The van der Waals surface area contributed by atoms with Gasteiger partial charge in [0.2, 0.25) is 17.6 Å². The van der Waals surface area contributed by atoms with Gasteiger partial charge in [0, 0.05) is 18.4 Å². The number of ether oxygens (including phenoxy) is 2. The lowest BCUT2D eigenvalue weighted by molar-refractivity contribution is -0.116. The Kier molecular flexibility index (Phi) is 6.99. The van der Waals surface area contributed by atoms with Gasteiger partial charge in [0.25, 0.3) is 0 Å². The van der Waals surface area contributed by atoms with Crippen molar-refractivity contribution >= 4 is 11.6 Å². The van der Waals surface area contributed by atoms with Gasteiger partial charge in [0.15, 0.2) is 5.75 Å². The molecule has 0 bridgehead atoms. The zero-order valence-electron chi connectivity index (χ0n) is 18.6. The van der Waals surface area contributed by atoms with Crippen LogP contribution in [0.5, 0.6) is 17.2 Å². The van der Waals surface area contributed by atoms with Crippen LogP contribution in [0, 0.1) is 6.92 Å². The van der Waals surface area contributed by atoms with Crippen molar-refractivity contribution in [2.24, 2.45) is 0 Å². The van der Waals surface area contributed by atoms with E-state index in [0.29, 0.717) is 41.9 Å². The third-order valence-electron chi connectivity index (χ3n) is 4.87. The molecule has 0 fully saturated rings. The van der Waals surface area contributed by atoms with E-state index in [9.17, 15) is 4.79 Å².